The molecule has 0 unspecified atom stereocenters. The summed E-state index contributed by atoms with van der Waals surface area (Å²) in [5.41, 5.74) is 0. The van der Waals surface area contributed by atoms with Crippen LogP contribution in [0.15, 0.2) is 21.6 Å². The third-order valence-corrected chi connectivity index (χ3v) is 4.45. The van der Waals surface area contributed by atoms with Crippen LogP contribution in [0, 0.1) is 0 Å². The van der Waals surface area contributed by atoms with Gasteiger partial charge in [-0.05, 0) is 24.3 Å². The molecule has 0 saturated carbocycles. The number of furan rings is 1. The maximum atomic E-state index is 11.7. The van der Waals surface area contributed by atoms with Crippen LogP contribution in [0.5, 0.6) is 0 Å². The van der Waals surface area contributed by atoms with Gasteiger partial charge in [0.15, 0.2) is 0 Å². The van der Waals surface area contributed by atoms with Crippen molar-refractivity contribution in [2.24, 2.45) is 0 Å². The molecule has 0 fully saturated rings. The maximum Gasteiger partial charge on any atom is 0.273 e. The molecule has 18 heavy (non-hydrogen) atoms. The summed E-state index contributed by atoms with van der Waals surface area (Å²) in [5.74, 6) is 1.65. The second-order valence-electron chi connectivity index (χ2n) is 3.47. The Balaban J connectivity index is 2.36. The molecule has 1 heterocycles. The SMILES string of the molecule is O=S(=O)(NCCSCCCO)c1ccc(CO)o1. The van der Waals surface area contributed by atoms with Crippen LogP contribution in [-0.2, 0) is 16.6 Å². The van der Waals surface area contributed by atoms with Crippen LogP contribution in [0.3, 0.4) is 0 Å². The first-order valence-electron chi connectivity index (χ1n) is 5.48. The fourth-order valence-corrected chi connectivity index (χ4v) is 3.07. The number of hydrogen-bond donors (Lipinski definition) is 3. The molecule has 0 aliphatic heterocycles. The minimum absolute atomic E-state index is 0.148. The molecule has 1 aromatic rings. The van der Waals surface area contributed by atoms with Crippen LogP contribution < -0.4 is 4.72 Å². The van der Waals surface area contributed by atoms with Crippen molar-refractivity contribution in [3.63, 3.8) is 0 Å². The first kappa shape index (κ1) is 15.5. The fraction of sp³-hybridized carbons (Fsp3) is 0.600. The fourth-order valence-electron chi connectivity index (χ4n) is 1.18. The zero-order valence-corrected chi connectivity index (χ0v) is 11.5. The van der Waals surface area contributed by atoms with E-state index in [0.717, 1.165) is 5.75 Å². The van der Waals surface area contributed by atoms with E-state index in [1.165, 1.54) is 12.1 Å². The van der Waals surface area contributed by atoms with Crippen molar-refractivity contribution in [1.29, 1.82) is 0 Å². The van der Waals surface area contributed by atoms with Crippen LogP contribution in [0.25, 0.3) is 0 Å². The molecule has 0 aliphatic carbocycles. The number of rotatable bonds is 9. The quantitative estimate of drug-likeness (QED) is 0.561. The highest BCUT2D eigenvalue weighted by molar-refractivity contribution is 7.99. The predicted octanol–water partition coefficient (Wildman–Crippen LogP) is 0.166. The Kier molecular flexibility index (Phi) is 6.72. The van der Waals surface area contributed by atoms with Crippen LogP contribution in [0.4, 0.5) is 0 Å². The molecule has 6 nitrogen and oxygen atoms in total. The third-order valence-electron chi connectivity index (χ3n) is 2.04. The molecule has 0 atom stereocenters. The van der Waals surface area contributed by atoms with Crippen LogP contribution in [0.1, 0.15) is 12.2 Å². The van der Waals surface area contributed by atoms with E-state index in [2.05, 4.69) is 4.72 Å². The van der Waals surface area contributed by atoms with Crippen molar-refractivity contribution in [2.75, 3.05) is 24.7 Å². The predicted molar refractivity (Wildman–Crippen MR) is 68.8 cm³/mol. The third kappa shape index (κ3) is 4.99. The molecule has 1 rings (SSSR count). The van der Waals surface area contributed by atoms with Gasteiger partial charge in [-0.25, -0.2) is 13.1 Å². The Bertz CT molecular complexity index is 443. The summed E-state index contributed by atoms with van der Waals surface area (Å²) in [6.07, 6.45) is 0.704. The van der Waals surface area contributed by atoms with Gasteiger partial charge in [-0.1, -0.05) is 0 Å². The molecule has 1 aromatic heterocycles. The van der Waals surface area contributed by atoms with Gasteiger partial charge in [0.2, 0.25) is 5.09 Å². The number of sulfonamides is 1. The summed E-state index contributed by atoms with van der Waals surface area (Å²) in [6, 6.07) is 2.73. The monoisotopic (exact) mass is 295 g/mol. The second-order valence-corrected chi connectivity index (χ2v) is 6.39. The summed E-state index contributed by atoms with van der Waals surface area (Å²) in [6.45, 7) is 0.120. The van der Waals surface area contributed by atoms with Crippen molar-refractivity contribution in [1.82, 2.24) is 4.72 Å². The largest absolute Gasteiger partial charge is 0.446 e. The van der Waals surface area contributed by atoms with E-state index >= 15 is 0 Å². The Labute approximate surface area is 110 Å². The van der Waals surface area contributed by atoms with Gasteiger partial charge in [0.05, 0.1) is 0 Å². The van der Waals surface area contributed by atoms with E-state index in [1.807, 2.05) is 0 Å². The second kappa shape index (κ2) is 7.80. The maximum absolute atomic E-state index is 11.7. The van der Waals surface area contributed by atoms with Gasteiger partial charge in [-0.15, -0.1) is 0 Å². The number of hydrogen-bond acceptors (Lipinski definition) is 6. The molecule has 3 N–H and O–H groups in total. The lowest BCUT2D eigenvalue weighted by Gasteiger charge is -2.03. The zero-order valence-electron chi connectivity index (χ0n) is 9.83. The first-order valence-corrected chi connectivity index (χ1v) is 8.12. The summed E-state index contributed by atoms with van der Waals surface area (Å²) in [5, 5.41) is 17.2. The van der Waals surface area contributed by atoms with Crippen molar-refractivity contribution in [3.8, 4) is 0 Å². The average molecular weight is 295 g/mol. The Morgan fingerprint density at radius 3 is 2.67 bits per heavy atom. The molecular weight excluding hydrogens is 278 g/mol. The van der Waals surface area contributed by atoms with Gasteiger partial charge in [0.1, 0.15) is 12.4 Å². The molecule has 0 saturated heterocycles. The van der Waals surface area contributed by atoms with E-state index in [9.17, 15) is 8.42 Å². The molecule has 0 radical (unpaired) electrons. The van der Waals surface area contributed by atoms with Gasteiger partial charge in [0, 0.05) is 18.9 Å². The van der Waals surface area contributed by atoms with Gasteiger partial charge in [-0.3, -0.25) is 0 Å². The minimum Gasteiger partial charge on any atom is -0.446 e. The number of nitrogens with one attached hydrogen (secondary N) is 1. The smallest absolute Gasteiger partial charge is 0.273 e. The molecule has 0 spiro atoms. The van der Waals surface area contributed by atoms with E-state index < -0.39 is 10.0 Å². The highest BCUT2D eigenvalue weighted by Gasteiger charge is 2.17. The van der Waals surface area contributed by atoms with E-state index in [0.29, 0.717) is 18.7 Å². The Morgan fingerprint density at radius 1 is 1.28 bits per heavy atom. The van der Waals surface area contributed by atoms with Crippen molar-refractivity contribution >= 4 is 21.8 Å². The topological polar surface area (TPSA) is 99.8 Å². The van der Waals surface area contributed by atoms with E-state index in [4.69, 9.17) is 14.6 Å². The molecule has 0 amide bonds. The number of thioether (sulfide) groups is 1. The highest BCUT2D eigenvalue weighted by atomic mass is 32.2. The minimum atomic E-state index is -3.63. The summed E-state index contributed by atoms with van der Waals surface area (Å²) < 4.78 is 30.8. The standard InChI is InChI=1S/C10H17NO5S2/c12-5-1-6-17-7-4-11-18(14,15)10-3-2-9(8-13)16-10/h2-3,11-13H,1,4-8H2. The molecule has 0 aliphatic rings. The zero-order chi connectivity index (χ0) is 13.4. The average Bonchev–Trinajstić information content (AvgIpc) is 2.83. The van der Waals surface area contributed by atoms with Gasteiger partial charge < -0.3 is 14.6 Å². The number of aliphatic hydroxyl groups is 2. The number of aliphatic hydroxyl groups excluding tert-OH is 2. The van der Waals surface area contributed by atoms with Gasteiger partial charge in [0.25, 0.3) is 10.0 Å². The van der Waals surface area contributed by atoms with Crippen LogP contribution in [0.2, 0.25) is 0 Å². The molecule has 0 aromatic carbocycles. The summed E-state index contributed by atoms with van der Waals surface area (Å²) >= 11 is 1.57. The highest BCUT2D eigenvalue weighted by Crippen LogP contribution is 2.13. The Morgan fingerprint density at radius 2 is 2.06 bits per heavy atom. The van der Waals surface area contributed by atoms with Gasteiger partial charge >= 0.3 is 0 Å². The van der Waals surface area contributed by atoms with E-state index in [1.54, 1.807) is 11.8 Å². The molecule has 104 valence electrons. The first-order chi connectivity index (χ1) is 8.60. The van der Waals surface area contributed by atoms with Crippen LogP contribution >= 0.6 is 11.8 Å². The van der Waals surface area contributed by atoms with Gasteiger partial charge in [-0.2, -0.15) is 11.8 Å². The molecular formula is C10H17NO5S2. The van der Waals surface area contributed by atoms with Crippen molar-refractivity contribution < 1.29 is 23.0 Å². The molecule has 8 heteroatoms. The van der Waals surface area contributed by atoms with Crippen LogP contribution in [-0.4, -0.2) is 43.3 Å². The van der Waals surface area contributed by atoms with Crippen molar-refractivity contribution in [3.05, 3.63) is 17.9 Å². The lowest BCUT2D eigenvalue weighted by Crippen LogP contribution is -2.25. The summed E-state index contributed by atoms with van der Waals surface area (Å²) in [4.78, 5) is 0. The van der Waals surface area contributed by atoms with E-state index in [-0.39, 0.29) is 24.1 Å². The molecule has 0 bridgehead atoms. The summed E-state index contributed by atoms with van der Waals surface area (Å²) in [7, 11) is -3.63. The lowest BCUT2D eigenvalue weighted by atomic mass is 10.5. The lowest BCUT2D eigenvalue weighted by molar-refractivity contribution is 0.236. The van der Waals surface area contributed by atoms with Crippen molar-refractivity contribution in [2.45, 2.75) is 18.1 Å². The normalized spacial score (nSPS) is 11.9. The Hall–Kier alpha value is -0.540.